The van der Waals surface area contributed by atoms with Crippen LogP contribution < -0.4 is 0 Å². The van der Waals surface area contributed by atoms with Crippen LogP contribution in [0.5, 0.6) is 0 Å². The van der Waals surface area contributed by atoms with Crippen molar-refractivity contribution in [1.29, 1.82) is 0 Å². The molecule has 146 valence electrons. The molecule has 9 heteroatoms. The number of nitrogens with zero attached hydrogens (tertiary/aromatic N) is 6. The second-order valence-electron chi connectivity index (χ2n) is 7.15. The van der Waals surface area contributed by atoms with E-state index in [-0.39, 0.29) is 5.82 Å². The van der Waals surface area contributed by atoms with Gasteiger partial charge in [0.05, 0.1) is 17.4 Å². The van der Waals surface area contributed by atoms with Crippen LogP contribution in [0, 0.1) is 5.82 Å². The van der Waals surface area contributed by atoms with E-state index in [1.807, 2.05) is 9.36 Å². The van der Waals surface area contributed by atoms with Gasteiger partial charge < -0.3 is 4.74 Å². The van der Waals surface area contributed by atoms with E-state index in [1.54, 1.807) is 23.9 Å². The average molecular weight is 400 g/mol. The van der Waals surface area contributed by atoms with Crippen molar-refractivity contribution in [2.75, 3.05) is 13.2 Å². The van der Waals surface area contributed by atoms with E-state index in [9.17, 15) is 4.39 Å². The third-order valence-electron chi connectivity index (χ3n) is 5.42. The highest BCUT2D eigenvalue weighted by Gasteiger charge is 2.25. The number of rotatable bonds is 5. The average Bonchev–Trinajstić information content (AvgIpc) is 3.45. The van der Waals surface area contributed by atoms with Gasteiger partial charge in [0, 0.05) is 24.7 Å². The molecular weight excluding hydrogens is 379 g/mol. The molecule has 1 aromatic carbocycles. The number of thioether (sulfide) groups is 1. The standard InChI is InChI=1S/C19H21FN6OS/c20-13-4-6-14(7-5-13)25-18-3-1-2-16(18)17(22-25)12-28-19-21-23-24-26(19)15-8-10-27-11-9-15/h4-7,15H,1-3,8-12H2. The number of tetrazole rings is 1. The molecule has 2 aromatic heterocycles. The van der Waals surface area contributed by atoms with Crippen LogP contribution in [0.1, 0.15) is 42.3 Å². The summed E-state index contributed by atoms with van der Waals surface area (Å²) in [5.74, 6) is 0.489. The molecule has 0 spiro atoms. The molecule has 3 aromatic rings. The lowest BCUT2D eigenvalue weighted by molar-refractivity contribution is 0.0631. The summed E-state index contributed by atoms with van der Waals surface area (Å²) in [7, 11) is 0. The predicted molar refractivity (Wildman–Crippen MR) is 102 cm³/mol. The second-order valence-corrected chi connectivity index (χ2v) is 8.09. The normalized spacial score (nSPS) is 17.2. The highest BCUT2D eigenvalue weighted by Crippen LogP contribution is 2.32. The highest BCUT2D eigenvalue weighted by atomic mass is 32.2. The van der Waals surface area contributed by atoms with Crippen molar-refractivity contribution in [2.24, 2.45) is 0 Å². The van der Waals surface area contributed by atoms with E-state index in [1.165, 1.54) is 23.4 Å². The molecule has 0 saturated carbocycles. The maximum absolute atomic E-state index is 13.3. The van der Waals surface area contributed by atoms with E-state index >= 15 is 0 Å². The number of hydrogen-bond acceptors (Lipinski definition) is 6. The predicted octanol–water partition coefficient (Wildman–Crippen LogP) is 3.13. The number of halogens is 1. The van der Waals surface area contributed by atoms with Crippen LogP contribution in [0.4, 0.5) is 4.39 Å². The van der Waals surface area contributed by atoms with Gasteiger partial charge in [-0.1, -0.05) is 11.8 Å². The summed E-state index contributed by atoms with van der Waals surface area (Å²) >= 11 is 1.63. The van der Waals surface area contributed by atoms with E-state index in [4.69, 9.17) is 9.84 Å². The van der Waals surface area contributed by atoms with Crippen molar-refractivity contribution in [2.45, 2.75) is 49.1 Å². The lowest BCUT2D eigenvalue weighted by atomic mass is 10.1. The summed E-state index contributed by atoms with van der Waals surface area (Å²) in [6.45, 7) is 1.51. The Morgan fingerprint density at radius 1 is 1.14 bits per heavy atom. The van der Waals surface area contributed by atoms with Crippen molar-refractivity contribution in [3.63, 3.8) is 0 Å². The Labute approximate surface area is 166 Å². The molecule has 1 aliphatic heterocycles. The van der Waals surface area contributed by atoms with Gasteiger partial charge in [0.1, 0.15) is 5.82 Å². The molecule has 0 radical (unpaired) electrons. The van der Waals surface area contributed by atoms with Gasteiger partial charge in [-0.2, -0.15) is 5.10 Å². The fraction of sp³-hybridized carbons (Fsp3) is 0.474. The van der Waals surface area contributed by atoms with Crippen LogP contribution in [-0.4, -0.2) is 43.2 Å². The van der Waals surface area contributed by atoms with Gasteiger partial charge in [0.15, 0.2) is 0 Å². The first-order valence-corrected chi connectivity index (χ1v) is 10.6. The zero-order valence-corrected chi connectivity index (χ0v) is 16.2. The maximum Gasteiger partial charge on any atom is 0.209 e. The van der Waals surface area contributed by atoms with Crippen molar-refractivity contribution in [1.82, 2.24) is 30.0 Å². The lowest BCUT2D eigenvalue weighted by Crippen LogP contribution is -2.21. The summed E-state index contributed by atoms with van der Waals surface area (Å²) < 4.78 is 22.6. The van der Waals surface area contributed by atoms with Crippen LogP contribution >= 0.6 is 11.8 Å². The van der Waals surface area contributed by atoms with Gasteiger partial charge in [0.2, 0.25) is 5.16 Å². The Hall–Kier alpha value is -2.26. The Morgan fingerprint density at radius 3 is 2.79 bits per heavy atom. The summed E-state index contributed by atoms with van der Waals surface area (Å²) in [6.07, 6.45) is 5.05. The number of fused-ring (bicyclic) bond motifs is 1. The Kier molecular flexibility index (Phi) is 4.86. The Morgan fingerprint density at radius 2 is 1.96 bits per heavy atom. The van der Waals surface area contributed by atoms with Crippen molar-refractivity contribution >= 4 is 11.8 Å². The fourth-order valence-corrected chi connectivity index (χ4v) is 4.91. The zero-order valence-electron chi connectivity index (χ0n) is 15.4. The summed E-state index contributed by atoms with van der Waals surface area (Å²) in [6, 6.07) is 6.82. The van der Waals surface area contributed by atoms with E-state index < -0.39 is 0 Å². The van der Waals surface area contributed by atoms with Gasteiger partial charge in [-0.15, -0.1) is 5.10 Å². The largest absolute Gasteiger partial charge is 0.381 e. The minimum atomic E-state index is -0.233. The topological polar surface area (TPSA) is 70.7 Å². The monoisotopic (exact) mass is 400 g/mol. The van der Waals surface area contributed by atoms with Gasteiger partial charge in [-0.3, -0.25) is 0 Å². The lowest BCUT2D eigenvalue weighted by Gasteiger charge is -2.22. The third-order valence-corrected chi connectivity index (χ3v) is 6.37. The first-order chi connectivity index (χ1) is 13.8. The van der Waals surface area contributed by atoms with Gasteiger partial charge in [-0.05, 0) is 72.4 Å². The molecular formula is C19H21FN6OS. The van der Waals surface area contributed by atoms with Crippen LogP contribution in [0.3, 0.4) is 0 Å². The minimum Gasteiger partial charge on any atom is -0.381 e. The quantitative estimate of drug-likeness (QED) is 0.613. The van der Waals surface area contributed by atoms with E-state index in [2.05, 4.69) is 15.5 Å². The molecule has 1 fully saturated rings. The summed E-state index contributed by atoms with van der Waals surface area (Å²) in [5, 5.41) is 18.0. The van der Waals surface area contributed by atoms with E-state index in [0.717, 1.165) is 67.6 Å². The second kappa shape index (κ2) is 7.63. The number of aromatic nitrogens is 6. The van der Waals surface area contributed by atoms with Crippen molar-refractivity contribution in [3.8, 4) is 5.69 Å². The highest BCUT2D eigenvalue weighted by molar-refractivity contribution is 7.98. The molecule has 7 nitrogen and oxygen atoms in total. The molecule has 5 rings (SSSR count). The minimum absolute atomic E-state index is 0.233. The molecule has 2 aliphatic rings. The van der Waals surface area contributed by atoms with Gasteiger partial charge >= 0.3 is 0 Å². The number of ether oxygens (including phenoxy) is 1. The molecule has 0 atom stereocenters. The first-order valence-electron chi connectivity index (χ1n) is 9.63. The summed E-state index contributed by atoms with van der Waals surface area (Å²) in [5.41, 5.74) is 4.54. The van der Waals surface area contributed by atoms with E-state index in [0.29, 0.717) is 6.04 Å². The summed E-state index contributed by atoms with van der Waals surface area (Å²) in [4.78, 5) is 0. The number of hydrogen-bond donors (Lipinski definition) is 0. The van der Waals surface area contributed by atoms with Crippen LogP contribution in [0.15, 0.2) is 29.4 Å². The molecule has 0 bridgehead atoms. The molecule has 1 aliphatic carbocycles. The zero-order chi connectivity index (χ0) is 18.9. The maximum atomic E-state index is 13.3. The van der Waals surface area contributed by atoms with Crippen molar-refractivity contribution in [3.05, 3.63) is 47.0 Å². The molecule has 0 amide bonds. The molecule has 1 saturated heterocycles. The Bertz CT molecular complexity index is 963. The fourth-order valence-electron chi connectivity index (χ4n) is 4.00. The van der Waals surface area contributed by atoms with Crippen LogP contribution in [0.2, 0.25) is 0 Å². The molecule has 0 N–H and O–H groups in total. The van der Waals surface area contributed by atoms with Crippen molar-refractivity contribution < 1.29 is 9.13 Å². The Balaban J connectivity index is 1.38. The van der Waals surface area contributed by atoms with Crippen LogP contribution in [-0.2, 0) is 23.3 Å². The smallest absolute Gasteiger partial charge is 0.209 e. The van der Waals surface area contributed by atoms with Gasteiger partial charge in [-0.25, -0.2) is 13.8 Å². The SMILES string of the molecule is Fc1ccc(-n2nc(CSc3nnnn3C3CCOCC3)c3c2CCC3)cc1. The van der Waals surface area contributed by atoms with Gasteiger partial charge in [0.25, 0.3) is 0 Å². The first kappa shape index (κ1) is 17.8. The molecule has 3 heterocycles. The third kappa shape index (κ3) is 3.33. The molecule has 28 heavy (non-hydrogen) atoms. The van der Waals surface area contributed by atoms with Crippen LogP contribution in [0.25, 0.3) is 5.69 Å². The number of benzene rings is 1. The molecule has 0 unspecified atom stereocenters.